The van der Waals surface area contributed by atoms with E-state index < -0.39 is 17.7 Å². The molecule has 0 radical (unpaired) electrons. The molecule has 0 atom stereocenters. The summed E-state index contributed by atoms with van der Waals surface area (Å²) in [5, 5.41) is 4.16. The first-order chi connectivity index (χ1) is 10.2. The maximum atomic E-state index is 11.6. The Labute approximate surface area is 132 Å². The van der Waals surface area contributed by atoms with E-state index in [9.17, 15) is 9.59 Å². The van der Waals surface area contributed by atoms with E-state index in [1.807, 2.05) is 0 Å². The van der Waals surface area contributed by atoms with Gasteiger partial charge in [-0.15, -0.1) is 11.3 Å². The lowest BCUT2D eigenvalue weighted by molar-refractivity contribution is 0.0547. The Bertz CT molecular complexity index is 599. The molecule has 0 bridgehead atoms. The van der Waals surface area contributed by atoms with Crippen molar-refractivity contribution in [2.24, 2.45) is 10.7 Å². The fourth-order valence-corrected chi connectivity index (χ4v) is 2.03. The van der Waals surface area contributed by atoms with E-state index in [-0.39, 0.29) is 5.70 Å². The number of nitrogens with zero attached hydrogens (tertiary/aromatic N) is 1. The van der Waals surface area contributed by atoms with Crippen molar-refractivity contribution in [1.82, 2.24) is 5.32 Å². The van der Waals surface area contributed by atoms with E-state index >= 15 is 0 Å². The second kappa shape index (κ2) is 7.60. The van der Waals surface area contributed by atoms with Crippen molar-refractivity contribution in [3.63, 3.8) is 0 Å². The van der Waals surface area contributed by atoms with Crippen LogP contribution in [-0.2, 0) is 9.47 Å². The second-order valence-corrected chi connectivity index (χ2v) is 6.08. The molecule has 1 aromatic heterocycles. The molecule has 0 aromatic carbocycles. The summed E-state index contributed by atoms with van der Waals surface area (Å²) in [6.07, 6.45) is 1.94. The number of allylic oxidation sites excluding steroid dienone is 1. The van der Waals surface area contributed by atoms with E-state index in [0.717, 1.165) is 0 Å². The number of amides is 1. The van der Waals surface area contributed by atoms with Gasteiger partial charge in [-0.05, 0) is 26.8 Å². The number of nitrogens with one attached hydrogen (secondary N) is 1. The Morgan fingerprint density at radius 2 is 2.09 bits per heavy atom. The Morgan fingerprint density at radius 3 is 2.64 bits per heavy atom. The first kappa shape index (κ1) is 17.7. The minimum Gasteiger partial charge on any atom is -0.465 e. The average Bonchev–Trinajstić information content (AvgIpc) is 2.89. The van der Waals surface area contributed by atoms with Gasteiger partial charge < -0.3 is 15.2 Å². The van der Waals surface area contributed by atoms with Crippen LogP contribution in [0, 0.1) is 0 Å². The summed E-state index contributed by atoms with van der Waals surface area (Å²) < 4.78 is 9.72. The Hall–Kier alpha value is -2.35. The zero-order chi connectivity index (χ0) is 16.8. The minimum atomic E-state index is -0.629. The molecule has 1 amide bonds. The number of alkyl carbamates (subject to hydrolysis) is 1. The van der Waals surface area contributed by atoms with E-state index in [4.69, 9.17) is 10.5 Å². The van der Waals surface area contributed by atoms with E-state index in [2.05, 4.69) is 15.0 Å². The van der Waals surface area contributed by atoms with Crippen LogP contribution >= 0.6 is 11.3 Å². The number of carbonyl (C=O) groups is 2. The van der Waals surface area contributed by atoms with Crippen LogP contribution in [-0.4, -0.2) is 31.0 Å². The molecular formula is C14H19N3O4S. The molecule has 7 nitrogen and oxygen atoms in total. The summed E-state index contributed by atoms with van der Waals surface area (Å²) in [7, 11) is 1.31. The molecule has 22 heavy (non-hydrogen) atoms. The monoisotopic (exact) mass is 325 g/mol. The molecule has 0 aliphatic heterocycles. The molecule has 0 unspecified atom stereocenters. The highest BCUT2D eigenvalue weighted by Gasteiger charge is 2.16. The van der Waals surface area contributed by atoms with Gasteiger partial charge in [-0.25, -0.2) is 9.59 Å². The van der Waals surface area contributed by atoms with Gasteiger partial charge in [0.2, 0.25) is 0 Å². The Kier molecular flexibility index (Phi) is 6.11. The quantitative estimate of drug-likeness (QED) is 0.654. The summed E-state index contributed by atoms with van der Waals surface area (Å²) >= 11 is 1.21. The van der Waals surface area contributed by atoms with E-state index in [1.165, 1.54) is 30.9 Å². The number of hydrogen-bond acceptors (Lipinski definition) is 7. The van der Waals surface area contributed by atoms with Crippen LogP contribution in [0.25, 0.3) is 0 Å². The number of thiophene rings is 1. The number of ether oxygens (including phenoxy) is 2. The topological polar surface area (TPSA) is 103 Å². The van der Waals surface area contributed by atoms with Crippen molar-refractivity contribution in [2.75, 3.05) is 7.11 Å². The SMILES string of the molecule is COC(=O)c1cc(N=CC(=CN)NC(=O)OC(C)(C)C)cs1. The molecule has 1 heterocycles. The van der Waals surface area contributed by atoms with Crippen molar-refractivity contribution >= 4 is 35.3 Å². The third-order valence-corrected chi connectivity index (χ3v) is 3.05. The van der Waals surface area contributed by atoms with Gasteiger partial charge in [-0.1, -0.05) is 0 Å². The van der Waals surface area contributed by atoms with E-state index in [0.29, 0.717) is 10.6 Å². The number of methoxy groups -OCH3 is 1. The lowest BCUT2D eigenvalue weighted by Gasteiger charge is -2.19. The number of hydrogen-bond donors (Lipinski definition) is 2. The number of esters is 1. The van der Waals surface area contributed by atoms with Gasteiger partial charge in [0.25, 0.3) is 0 Å². The van der Waals surface area contributed by atoms with Crippen molar-refractivity contribution in [3.8, 4) is 0 Å². The van der Waals surface area contributed by atoms with Crippen molar-refractivity contribution in [3.05, 3.63) is 28.2 Å². The smallest absolute Gasteiger partial charge is 0.412 e. The highest BCUT2D eigenvalue weighted by atomic mass is 32.1. The molecule has 0 saturated heterocycles. The summed E-state index contributed by atoms with van der Waals surface area (Å²) in [4.78, 5) is 27.5. The van der Waals surface area contributed by atoms with Gasteiger partial charge in [0, 0.05) is 11.6 Å². The lowest BCUT2D eigenvalue weighted by Crippen LogP contribution is -2.32. The average molecular weight is 325 g/mol. The van der Waals surface area contributed by atoms with E-state index in [1.54, 1.807) is 32.2 Å². The van der Waals surface area contributed by atoms with Crippen LogP contribution in [0.3, 0.4) is 0 Å². The molecule has 1 rings (SSSR count). The van der Waals surface area contributed by atoms with Crippen LogP contribution in [0.1, 0.15) is 30.4 Å². The number of rotatable bonds is 4. The maximum absolute atomic E-state index is 11.6. The lowest BCUT2D eigenvalue weighted by atomic mass is 10.2. The number of carbonyl (C=O) groups excluding carboxylic acids is 2. The first-order valence-electron chi connectivity index (χ1n) is 6.38. The minimum absolute atomic E-state index is 0.278. The van der Waals surface area contributed by atoms with Gasteiger partial charge in [0.1, 0.15) is 10.5 Å². The molecule has 1 aromatic rings. The largest absolute Gasteiger partial charge is 0.465 e. The fourth-order valence-electron chi connectivity index (χ4n) is 1.28. The standard InChI is InChI=1S/C14H19N3O4S/c1-14(2,3)21-13(19)17-10(6-15)7-16-9-5-11(22-8-9)12(18)20-4/h5-8H,15H2,1-4H3,(H,17,19). The Morgan fingerprint density at radius 1 is 1.41 bits per heavy atom. The predicted octanol–water partition coefficient (Wildman–Crippen LogP) is 2.56. The molecule has 0 fully saturated rings. The van der Waals surface area contributed by atoms with Gasteiger partial charge in [0.05, 0.1) is 24.7 Å². The zero-order valence-corrected chi connectivity index (χ0v) is 13.7. The third kappa shape index (κ3) is 5.96. The summed E-state index contributed by atoms with van der Waals surface area (Å²) in [5.41, 5.74) is 5.65. The summed E-state index contributed by atoms with van der Waals surface area (Å²) in [6, 6.07) is 1.58. The van der Waals surface area contributed by atoms with Crippen LogP contribution in [0.5, 0.6) is 0 Å². The molecule has 0 aliphatic carbocycles. The number of aliphatic imine (C=N–C) groups is 1. The predicted molar refractivity (Wildman–Crippen MR) is 85.5 cm³/mol. The van der Waals surface area contributed by atoms with Gasteiger partial charge in [-0.2, -0.15) is 0 Å². The van der Waals surface area contributed by atoms with Crippen molar-refractivity contribution in [1.29, 1.82) is 0 Å². The van der Waals surface area contributed by atoms with Crippen LogP contribution < -0.4 is 11.1 Å². The molecule has 0 spiro atoms. The second-order valence-electron chi connectivity index (χ2n) is 5.17. The van der Waals surface area contributed by atoms with Gasteiger partial charge in [-0.3, -0.25) is 10.3 Å². The molecule has 3 N–H and O–H groups in total. The first-order valence-corrected chi connectivity index (χ1v) is 7.26. The van der Waals surface area contributed by atoms with Gasteiger partial charge >= 0.3 is 12.1 Å². The highest BCUT2D eigenvalue weighted by molar-refractivity contribution is 7.12. The fraction of sp³-hybridized carbons (Fsp3) is 0.357. The van der Waals surface area contributed by atoms with Crippen molar-refractivity contribution in [2.45, 2.75) is 26.4 Å². The molecule has 0 aliphatic rings. The molecule has 8 heteroatoms. The molecular weight excluding hydrogens is 306 g/mol. The molecule has 0 saturated carbocycles. The third-order valence-electron chi connectivity index (χ3n) is 2.15. The van der Waals surface area contributed by atoms with Gasteiger partial charge in [0.15, 0.2) is 0 Å². The Balaban J connectivity index is 2.68. The van der Waals surface area contributed by atoms with Crippen LogP contribution in [0.2, 0.25) is 0 Å². The van der Waals surface area contributed by atoms with Crippen LogP contribution in [0.15, 0.2) is 28.3 Å². The summed E-state index contributed by atoms with van der Waals surface area (Å²) in [5.74, 6) is -0.423. The van der Waals surface area contributed by atoms with Crippen LogP contribution in [0.4, 0.5) is 10.5 Å². The highest BCUT2D eigenvalue weighted by Crippen LogP contribution is 2.22. The van der Waals surface area contributed by atoms with Crippen molar-refractivity contribution < 1.29 is 19.1 Å². The molecule has 120 valence electrons. The summed E-state index contributed by atoms with van der Waals surface area (Å²) in [6.45, 7) is 5.27. The number of nitrogens with two attached hydrogens (primary N) is 1. The zero-order valence-electron chi connectivity index (χ0n) is 12.9. The normalized spacial score (nSPS) is 12.3. The maximum Gasteiger partial charge on any atom is 0.412 e.